The Kier molecular flexibility index (Phi) is 9.34. The Balaban J connectivity index is 1.11. The molecule has 3 aromatic carbocycles. The third kappa shape index (κ3) is 6.27. The second-order valence-corrected chi connectivity index (χ2v) is 14.1. The van der Waals surface area contributed by atoms with Crippen LogP contribution in [0.3, 0.4) is 0 Å². The monoisotopic (exact) mass is 723 g/mol. The quantitative estimate of drug-likeness (QED) is 0.165. The summed E-state index contributed by atoms with van der Waals surface area (Å²) >= 11 is 6.42. The molecule has 3 aliphatic heterocycles. The lowest BCUT2D eigenvalue weighted by Gasteiger charge is -2.35. The van der Waals surface area contributed by atoms with Crippen LogP contribution in [0.25, 0.3) is 32.9 Å². The highest BCUT2D eigenvalue weighted by Crippen LogP contribution is 2.43. The molecule has 5 aromatic rings. The van der Waals surface area contributed by atoms with E-state index in [0.717, 1.165) is 32.2 Å². The molecule has 13 heteroatoms. The Hall–Kier alpha value is -4.96. The van der Waals surface area contributed by atoms with Crippen LogP contribution in [0.2, 0.25) is 5.02 Å². The Morgan fingerprint density at radius 2 is 1.94 bits per heavy atom. The van der Waals surface area contributed by atoms with Gasteiger partial charge in [0, 0.05) is 48.9 Å². The van der Waals surface area contributed by atoms with Crippen molar-refractivity contribution < 1.29 is 23.0 Å². The number of benzene rings is 3. The molecule has 5 heterocycles. The number of anilines is 1. The first-order chi connectivity index (χ1) is 25.3. The smallest absolute Gasteiger partial charge is 0.338 e. The van der Waals surface area contributed by atoms with Gasteiger partial charge in [-0.3, -0.25) is 9.88 Å². The van der Waals surface area contributed by atoms with Gasteiger partial charge in [0.15, 0.2) is 5.82 Å². The van der Waals surface area contributed by atoms with Gasteiger partial charge in [0.25, 0.3) is 0 Å². The molecular formula is C39H36ClF2N7O3. The van der Waals surface area contributed by atoms with Crippen LogP contribution in [0.5, 0.6) is 6.01 Å². The summed E-state index contributed by atoms with van der Waals surface area (Å²) in [6, 6.07) is 19.2. The molecule has 8 rings (SSSR count). The molecule has 3 saturated heterocycles. The summed E-state index contributed by atoms with van der Waals surface area (Å²) < 4.78 is 43.6. The predicted octanol–water partition coefficient (Wildman–Crippen LogP) is 6.70. The fraction of sp³-hybridized carbons (Fsp3) is 0.359. The van der Waals surface area contributed by atoms with E-state index in [1.165, 1.54) is 12.3 Å². The van der Waals surface area contributed by atoms with Crippen LogP contribution in [0, 0.1) is 23.0 Å². The van der Waals surface area contributed by atoms with Gasteiger partial charge in [-0.25, -0.2) is 13.6 Å². The van der Waals surface area contributed by atoms with Gasteiger partial charge in [-0.05, 0) is 55.8 Å². The highest BCUT2D eigenvalue weighted by atomic mass is 35.5. The van der Waals surface area contributed by atoms with E-state index in [4.69, 9.17) is 26.1 Å². The van der Waals surface area contributed by atoms with Crippen molar-refractivity contribution in [2.45, 2.75) is 49.7 Å². The molecule has 2 aromatic heterocycles. The van der Waals surface area contributed by atoms with Crippen molar-refractivity contribution >= 4 is 45.1 Å². The van der Waals surface area contributed by atoms with Crippen LogP contribution in [0.1, 0.15) is 42.5 Å². The maximum atomic E-state index is 16.8. The van der Waals surface area contributed by atoms with Crippen molar-refractivity contribution in [2.75, 3.05) is 44.3 Å². The number of aromatic nitrogens is 3. The lowest BCUT2D eigenvalue weighted by atomic mass is 9.95. The molecule has 2 unspecified atom stereocenters. The second kappa shape index (κ2) is 14.2. The molecule has 0 amide bonds. The van der Waals surface area contributed by atoms with Gasteiger partial charge in [0.2, 0.25) is 0 Å². The number of pyridine rings is 1. The van der Waals surface area contributed by atoms with Gasteiger partial charge in [0.1, 0.15) is 36.1 Å². The normalized spacial score (nSPS) is 21.7. The third-order valence-corrected chi connectivity index (χ3v) is 11.0. The number of carbonyl (C=O) groups excluding carboxylic acids is 1. The largest absolute Gasteiger partial charge is 0.462 e. The molecule has 0 spiro atoms. The molecule has 3 aliphatic rings. The van der Waals surface area contributed by atoms with Gasteiger partial charge in [-0.15, -0.1) is 0 Å². The number of esters is 1. The number of nitriles is 1. The predicted molar refractivity (Wildman–Crippen MR) is 193 cm³/mol. The zero-order chi connectivity index (χ0) is 35.8. The zero-order valence-corrected chi connectivity index (χ0v) is 29.1. The molecule has 0 bridgehead atoms. The van der Waals surface area contributed by atoms with E-state index in [-0.39, 0.29) is 52.4 Å². The average Bonchev–Trinajstić information content (AvgIpc) is 3.74. The SMILES string of the molecule is N#CC[C@H]1CN(c2nc(OCC3CCC4(COC(=O)c5ccccc5)CCCN34)nc3c(F)c(-c4cccc5ccc(F)c(Cl)c45)ncc23)CCN1. The molecule has 0 aliphatic carbocycles. The Morgan fingerprint density at radius 3 is 2.79 bits per heavy atom. The molecule has 0 saturated carbocycles. The summed E-state index contributed by atoms with van der Waals surface area (Å²) in [5.74, 6) is -1.20. The van der Waals surface area contributed by atoms with Crippen molar-refractivity contribution in [1.29, 1.82) is 5.26 Å². The van der Waals surface area contributed by atoms with Gasteiger partial charge in [-0.2, -0.15) is 15.2 Å². The minimum atomic E-state index is -0.706. The van der Waals surface area contributed by atoms with Crippen LogP contribution in [-0.4, -0.2) is 82.8 Å². The van der Waals surface area contributed by atoms with Gasteiger partial charge in [0.05, 0.1) is 34.0 Å². The van der Waals surface area contributed by atoms with Crippen molar-refractivity contribution in [2.24, 2.45) is 0 Å². The molecule has 3 atom stereocenters. The Labute approximate surface area is 304 Å². The van der Waals surface area contributed by atoms with E-state index >= 15 is 4.39 Å². The Bertz CT molecular complexity index is 2200. The fourth-order valence-corrected chi connectivity index (χ4v) is 8.38. The molecule has 52 heavy (non-hydrogen) atoms. The Morgan fingerprint density at radius 1 is 1.08 bits per heavy atom. The highest BCUT2D eigenvalue weighted by molar-refractivity contribution is 6.36. The van der Waals surface area contributed by atoms with Crippen molar-refractivity contribution in [1.82, 2.24) is 25.2 Å². The van der Waals surface area contributed by atoms with Crippen molar-refractivity contribution in [3.8, 4) is 23.3 Å². The summed E-state index contributed by atoms with van der Waals surface area (Å²) in [4.78, 5) is 31.1. The van der Waals surface area contributed by atoms with Crippen LogP contribution in [-0.2, 0) is 4.74 Å². The van der Waals surface area contributed by atoms with E-state index in [0.29, 0.717) is 65.8 Å². The first-order valence-electron chi connectivity index (χ1n) is 17.6. The topological polar surface area (TPSA) is 117 Å². The summed E-state index contributed by atoms with van der Waals surface area (Å²) in [6.45, 7) is 3.05. The molecule has 266 valence electrons. The summed E-state index contributed by atoms with van der Waals surface area (Å²) in [5, 5.41) is 14.0. The lowest BCUT2D eigenvalue weighted by molar-refractivity contribution is 0.0161. The van der Waals surface area contributed by atoms with E-state index in [1.54, 1.807) is 36.4 Å². The summed E-state index contributed by atoms with van der Waals surface area (Å²) in [5.41, 5.74) is 0.585. The molecule has 1 N–H and O–H groups in total. The maximum Gasteiger partial charge on any atom is 0.338 e. The van der Waals surface area contributed by atoms with E-state index in [1.807, 2.05) is 23.1 Å². The number of piperazine rings is 1. The number of hydrogen-bond acceptors (Lipinski definition) is 10. The first kappa shape index (κ1) is 34.1. The van der Waals surface area contributed by atoms with Crippen molar-refractivity contribution in [3.05, 3.63) is 89.1 Å². The number of fused-ring (bicyclic) bond motifs is 3. The van der Waals surface area contributed by atoms with E-state index < -0.39 is 11.6 Å². The summed E-state index contributed by atoms with van der Waals surface area (Å²) in [7, 11) is 0. The number of halogens is 3. The number of hydrogen-bond donors (Lipinski definition) is 1. The molecule has 0 radical (unpaired) electrons. The minimum Gasteiger partial charge on any atom is -0.462 e. The van der Waals surface area contributed by atoms with Gasteiger partial charge in [-0.1, -0.05) is 54.1 Å². The van der Waals surface area contributed by atoms with Crippen LogP contribution in [0.15, 0.2) is 66.9 Å². The van der Waals surface area contributed by atoms with E-state index in [9.17, 15) is 14.4 Å². The number of rotatable bonds is 9. The maximum absolute atomic E-state index is 16.8. The van der Waals surface area contributed by atoms with Gasteiger partial charge >= 0.3 is 12.0 Å². The molecular weight excluding hydrogens is 688 g/mol. The molecule has 3 fully saturated rings. The van der Waals surface area contributed by atoms with Crippen LogP contribution < -0.4 is 15.0 Å². The standard InChI is InChI=1S/C39H36ClF2N7O3/c40-32-30(41)11-10-24-8-4-9-28(31(24)32)34-33(42)35-29(20-45-34)36(48-19-17-44-26(21-48)13-16-43)47-38(46-35)51-22-27-12-15-39(14-5-18-49(27)39)23-52-37(50)25-6-2-1-3-7-25/h1-4,6-11,20,26-27,44H,5,12-15,17-19,21-23H2/t26-,27?,39?/m0/s1. The first-order valence-corrected chi connectivity index (χ1v) is 17.9. The number of ether oxygens (including phenoxy) is 2. The lowest BCUT2D eigenvalue weighted by Crippen LogP contribution is -2.51. The van der Waals surface area contributed by atoms with Crippen molar-refractivity contribution in [3.63, 3.8) is 0 Å². The number of nitrogens with one attached hydrogen (secondary N) is 1. The second-order valence-electron chi connectivity index (χ2n) is 13.7. The van der Waals surface area contributed by atoms with Crippen LogP contribution >= 0.6 is 11.6 Å². The number of nitrogens with zero attached hydrogens (tertiary/aromatic N) is 6. The van der Waals surface area contributed by atoms with Crippen LogP contribution in [0.4, 0.5) is 14.6 Å². The minimum absolute atomic E-state index is 0.0136. The molecule has 10 nitrogen and oxygen atoms in total. The third-order valence-electron chi connectivity index (χ3n) is 10.6. The summed E-state index contributed by atoms with van der Waals surface area (Å²) in [6.07, 6.45) is 5.41. The van der Waals surface area contributed by atoms with E-state index in [2.05, 4.69) is 26.3 Å². The zero-order valence-electron chi connectivity index (χ0n) is 28.3. The average molecular weight is 724 g/mol. The number of carbonyl (C=O) groups is 1. The highest BCUT2D eigenvalue weighted by Gasteiger charge is 2.50. The fourth-order valence-electron chi connectivity index (χ4n) is 8.10. The van der Waals surface area contributed by atoms with Gasteiger partial charge < -0.3 is 19.7 Å².